The van der Waals surface area contributed by atoms with Crippen molar-refractivity contribution < 1.29 is 9.18 Å². The third kappa shape index (κ3) is 2.61. The zero-order chi connectivity index (χ0) is 15.8. The third-order valence-corrected chi connectivity index (χ3v) is 4.89. The Kier molecular flexibility index (Phi) is 3.58. The van der Waals surface area contributed by atoms with E-state index in [1.807, 2.05) is 21.7 Å². The van der Waals surface area contributed by atoms with Crippen LogP contribution in [0.1, 0.15) is 23.2 Å². The molecule has 0 unspecified atom stereocenters. The van der Waals surface area contributed by atoms with Gasteiger partial charge in [-0.2, -0.15) is 11.3 Å². The molecule has 116 valence electrons. The van der Waals surface area contributed by atoms with Crippen LogP contribution in [-0.2, 0) is 0 Å². The van der Waals surface area contributed by atoms with Gasteiger partial charge in [-0.3, -0.25) is 4.79 Å². The molecule has 3 heterocycles. The molecule has 0 spiro atoms. The Hall–Kier alpha value is -2.27. The van der Waals surface area contributed by atoms with Crippen molar-refractivity contribution >= 4 is 28.1 Å². The molecule has 4 rings (SSSR count). The number of aromatic nitrogens is 1. The van der Waals surface area contributed by atoms with Crippen molar-refractivity contribution in [1.82, 2.24) is 9.88 Å². The average Bonchev–Trinajstić information content (AvgIpc) is 3.26. The molecule has 1 fully saturated rings. The van der Waals surface area contributed by atoms with Gasteiger partial charge < -0.3 is 4.90 Å². The standard InChI is InChI=1S/C18H15FN2OS/c19-13-3-4-16-14(9-13)15(18(22)21-6-1-2-7-21)10-17(20-16)12-5-8-23-11-12/h3-5,8-11H,1-2,6-7H2. The highest BCUT2D eigenvalue weighted by molar-refractivity contribution is 7.08. The Morgan fingerprint density at radius 1 is 1.17 bits per heavy atom. The summed E-state index contributed by atoms with van der Waals surface area (Å²) < 4.78 is 13.7. The normalized spacial score (nSPS) is 14.6. The molecule has 1 amide bonds. The van der Waals surface area contributed by atoms with Gasteiger partial charge in [0.15, 0.2) is 0 Å². The van der Waals surface area contributed by atoms with E-state index in [4.69, 9.17) is 0 Å². The molecule has 1 aromatic carbocycles. The Bertz CT molecular complexity index is 870. The summed E-state index contributed by atoms with van der Waals surface area (Å²) in [6, 6.07) is 8.21. The number of amides is 1. The van der Waals surface area contributed by atoms with Crippen molar-refractivity contribution in [2.75, 3.05) is 13.1 Å². The number of nitrogens with zero attached hydrogens (tertiary/aromatic N) is 2. The van der Waals surface area contributed by atoms with Crippen molar-refractivity contribution in [2.45, 2.75) is 12.8 Å². The monoisotopic (exact) mass is 326 g/mol. The highest BCUT2D eigenvalue weighted by Crippen LogP contribution is 2.28. The number of carbonyl (C=O) groups is 1. The molecule has 1 aliphatic rings. The fourth-order valence-electron chi connectivity index (χ4n) is 3.02. The topological polar surface area (TPSA) is 33.2 Å². The summed E-state index contributed by atoms with van der Waals surface area (Å²) >= 11 is 1.59. The Balaban J connectivity index is 1.91. The zero-order valence-electron chi connectivity index (χ0n) is 12.5. The Morgan fingerprint density at radius 3 is 2.74 bits per heavy atom. The predicted molar refractivity (Wildman–Crippen MR) is 90.2 cm³/mol. The average molecular weight is 326 g/mol. The highest BCUT2D eigenvalue weighted by atomic mass is 32.1. The fourth-order valence-corrected chi connectivity index (χ4v) is 3.67. The van der Waals surface area contributed by atoms with Crippen LogP contribution in [0, 0.1) is 5.82 Å². The van der Waals surface area contributed by atoms with E-state index in [0.29, 0.717) is 16.5 Å². The van der Waals surface area contributed by atoms with Crippen LogP contribution in [0.4, 0.5) is 4.39 Å². The fraction of sp³-hybridized carbons (Fsp3) is 0.222. The van der Waals surface area contributed by atoms with E-state index in [1.165, 1.54) is 12.1 Å². The minimum atomic E-state index is -0.349. The van der Waals surface area contributed by atoms with Gasteiger partial charge in [-0.25, -0.2) is 9.37 Å². The van der Waals surface area contributed by atoms with Gasteiger partial charge in [-0.1, -0.05) is 0 Å². The molecule has 1 aliphatic heterocycles. The van der Waals surface area contributed by atoms with Crippen LogP contribution in [0.15, 0.2) is 41.1 Å². The number of hydrogen-bond acceptors (Lipinski definition) is 3. The van der Waals surface area contributed by atoms with Gasteiger partial charge in [0, 0.05) is 29.4 Å². The van der Waals surface area contributed by atoms with Gasteiger partial charge in [-0.05, 0) is 48.6 Å². The van der Waals surface area contributed by atoms with Crippen LogP contribution < -0.4 is 0 Å². The van der Waals surface area contributed by atoms with Gasteiger partial charge in [0.25, 0.3) is 5.91 Å². The first-order chi connectivity index (χ1) is 11.2. The molecular weight excluding hydrogens is 311 g/mol. The van der Waals surface area contributed by atoms with Crippen LogP contribution in [-0.4, -0.2) is 28.9 Å². The lowest BCUT2D eigenvalue weighted by Gasteiger charge is -2.17. The molecule has 0 aliphatic carbocycles. The smallest absolute Gasteiger partial charge is 0.254 e. The molecule has 5 heteroatoms. The lowest BCUT2D eigenvalue weighted by atomic mass is 10.0. The van der Waals surface area contributed by atoms with Crippen molar-refractivity contribution in [1.29, 1.82) is 0 Å². The van der Waals surface area contributed by atoms with Gasteiger partial charge in [0.2, 0.25) is 0 Å². The quantitative estimate of drug-likeness (QED) is 0.702. The Morgan fingerprint density at radius 2 is 2.00 bits per heavy atom. The van der Waals surface area contributed by atoms with Gasteiger partial charge in [0.05, 0.1) is 16.8 Å². The summed E-state index contributed by atoms with van der Waals surface area (Å²) in [5.74, 6) is -0.380. The number of hydrogen-bond donors (Lipinski definition) is 0. The van der Waals surface area contributed by atoms with Gasteiger partial charge >= 0.3 is 0 Å². The minimum absolute atomic E-state index is 0.0306. The zero-order valence-corrected chi connectivity index (χ0v) is 13.3. The predicted octanol–water partition coefficient (Wildman–Crippen LogP) is 4.34. The van der Waals surface area contributed by atoms with Gasteiger partial charge in [-0.15, -0.1) is 0 Å². The van der Waals surface area contributed by atoms with Crippen molar-refractivity contribution in [3.63, 3.8) is 0 Å². The second-order valence-electron chi connectivity index (χ2n) is 5.73. The van der Waals surface area contributed by atoms with Crippen molar-refractivity contribution in [3.8, 4) is 11.3 Å². The van der Waals surface area contributed by atoms with E-state index in [-0.39, 0.29) is 11.7 Å². The Labute approximate surface area is 137 Å². The second-order valence-corrected chi connectivity index (χ2v) is 6.51. The van der Waals surface area contributed by atoms with E-state index in [1.54, 1.807) is 23.5 Å². The SMILES string of the molecule is O=C(c1cc(-c2ccsc2)nc2ccc(F)cc12)N1CCCC1. The first-order valence-electron chi connectivity index (χ1n) is 7.64. The van der Waals surface area contributed by atoms with Crippen molar-refractivity contribution in [2.24, 2.45) is 0 Å². The number of thiophene rings is 1. The molecule has 0 bridgehead atoms. The molecule has 0 atom stereocenters. The van der Waals surface area contributed by atoms with E-state index in [2.05, 4.69) is 4.98 Å². The molecule has 23 heavy (non-hydrogen) atoms. The van der Waals surface area contributed by atoms with E-state index < -0.39 is 0 Å². The number of rotatable bonds is 2. The number of benzene rings is 1. The molecule has 3 nitrogen and oxygen atoms in total. The molecular formula is C18H15FN2OS. The van der Waals surface area contributed by atoms with Crippen LogP contribution in [0.25, 0.3) is 22.2 Å². The summed E-state index contributed by atoms with van der Waals surface area (Å²) in [4.78, 5) is 19.3. The maximum Gasteiger partial charge on any atom is 0.254 e. The maximum absolute atomic E-state index is 13.7. The summed E-state index contributed by atoms with van der Waals surface area (Å²) in [6.45, 7) is 1.54. The molecule has 0 N–H and O–H groups in total. The largest absolute Gasteiger partial charge is 0.339 e. The van der Waals surface area contributed by atoms with Crippen molar-refractivity contribution in [3.05, 3.63) is 52.5 Å². The lowest BCUT2D eigenvalue weighted by molar-refractivity contribution is 0.0794. The number of likely N-dealkylation sites (tertiary alicyclic amines) is 1. The van der Waals surface area contributed by atoms with E-state index in [9.17, 15) is 9.18 Å². The summed E-state index contributed by atoms with van der Waals surface area (Å²) in [5, 5.41) is 4.57. The molecule has 0 saturated carbocycles. The van der Waals surface area contributed by atoms with E-state index in [0.717, 1.165) is 37.2 Å². The van der Waals surface area contributed by atoms with Crippen LogP contribution in [0.3, 0.4) is 0 Å². The molecule has 0 radical (unpaired) electrons. The first-order valence-corrected chi connectivity index (χ1v) is 8.59. The highest BCUT2D eigenvalue weighted by Gasteiger charge is 2.22. The van der Waals surface area contributed by atoms with Crippen LogP contribution >= 0.6 is 11.3 Å². The second kappa shape index (κ2) is 5.74. The number of halogens is 1. The molecule has 1 saturated heterocycles. The summed E-state index contributed by atoms with van der Waals surface area (Å²) in [6.07, 6.45) is 2.06. The lowest BCUT2D eigenvalue weighted by Crippen LogP contribution is -2.27. The summed E-state index contributed by atoms with van der Waals surface area (Å²) in [7, 11) is 0. The first kappa shape index (κ1) is 14.3. The van der Waals surface area contributed by atoms with Gasteiger partial charge in [0.1, 0.15) is 5.82 Å². The summed E-state index contributed by atoms with van der Waals surface area (Å²) in [5.41, 5.74) is 2.93. The van der Waals surface area contributed by atoms with Crippen LogP contribution in [0.2, 0.25) is 0 Å². The number of fused-ring (bicyclic) bond motifs is 1. The van der Waals surface area contributed by atoms with Crippen LogP contribution in [0.5, 0.6) is 0 Å². The minimum Gasteiger partial charge on any atom is -0.339 e. The number of carbonyl (C=O) groups excluding carboxylic acids is 1. The maximum atomic E-state index is 13.7. The number of pyridine rings is 1. The molecule has 3 aromatic rings. The third-order valence-electron chi connectivity index (χ3n) is 4.21. The van der Waals surface area contributed by atoms with E-state index >= 15 is 0 Å². The molecule has 2 aromatic heterocycles.